The van der Waals surface area contributed by atoms with Crippen LogP contribution in [0.3, 0.4) is 0 Å². The third-order valence-corrected chi connectivity index (χ3v) is 4.99. The summed E-state index contributed by atoms with van der Waals surface area (Å²) in [4.78, 5) is 0. The maximum absolute atomic E-state index is 5.09. The fraction of sp³-hybridized carbons (Fsp3) is 0.812. The Labute approximate surface area is 117 Å². The third kappa shape index (κ3) is 3.82. The normalized spacial score (nSPS) is 24.6. The first-order valence-corrected chi connectivity index (χ1v) is 7.67. The molecule has 1 aliphatic rings. The molecule has 0 radical (unpaired) electrons. The maximum Gasteiger partial charge on any atom is 0.133 e. The molecule has 3 nitrogen and oxygen atoms in total. The molecule has 0 unspecified atom stereocenters. The van der Waals surface area contributed by atoms with Gasteiger partial charge in [0, 0.05) is 18.7 Å². The number of nitrogens with zero attached hydrogens (tertiary/aromatic N) is 1. The van der Waals surface area contributed by atoms with Crippen LogP contribution in [0, 0.1) is 18.3 Å². The first-order valence-electron chi connectivity index (χ1n) is 7.67. The smallest absolute Gasteiger partial charge is 0.133 e. The van der Waals surface area contributed by atoms with Crippen LogP contribution in [0.5, 0.6) is 0 Å². The molecule has 0 aromatic carbocycles. The molecule has 1 saturated carbocycles. The second kappa shape index (κ2) is 6.08. The molecular formula is C16H28N2O. The Morgan fingerprint density at radius 3 is 2.53 bits per heavy atom. The number of hydrogen-bond donors (Lipinski definition) is 1. The van der Waals surface area contributed by atoms with Crippen LogP contribution in [-0.2, 0) is 6.54 Å². The minimum absolute atomic E-state index is 0.508. The summed E-state index contributed by atoms with van der Waals surface area (Å²) in [7, 11) is 0. The molecule has 1 aromatic heterocycles. The zero-order valence-corrected chi connectivity index (χ0v) is 12.8. The number of aromatic nitrogens is 1. The molecule has 3 heteroatoms. The average molecular weight is 264 g/mol. The molecule has 1 heterocycles. The van der Waals surface area contributed by atoms with E-state index in [0.717, 1.165) is 23.9 Å². The minimum Gasteiger partial charge on any atom is -0.361 e. The van der Waals surface area contributed by atoms with Crippen molar-refractivity contribution in [2.24, 2.45) is 11.3 Å². The third-order valence-electron chi connectivity index (χ3n) is 4.99. The van der Waals surface area contributed by atoms with Crippen LogP contribution < -0.4 is 5.32 Å². The Kier molecular flexibility index (Phi) is 4.67. The highest BCUT2D eigenvalue weighted by Crippen LogP contribution is 2.40. The van der Waals surface area contributed by atoms with Crippen molar-refractivity contribution in [3.05, 3.63) is 17.5 Å². The summed E-state index contributed by atoms with van der Waals surface area (Å²) < 4.78 is 5.09. The van der Waals surface area contributed by atoms with E-state index in [1.807, 2.05) is 13.0 Å². The molecule has 1 N–H and O–H groups in total. The summed E-state index contributed by atoms with van der Waals surface area (Å²) >= 11 is 0. The van der Waals surface area contributed by atoms with E-state index < -0.39 is 0 Å². The van der Waals surface area contributed by atoms with E-state index in [4.69, 9.17) is 4.52 Å². The van der Waals surface area contributed by atoms with E-state index in [1.54, 1.807) is 0 Å². The lowest BCUT2D eigenvalue weighted by Crippen LogP contribution is -2.36. The quantitative estimate of drug-likeness (QED) is 0.871. The van der Waals surface area contributed by atoms with Gasteiger partial charge in [0.05, 0.1) is 5.69 Å². The maximum atomic E-state index is 5.09. The highest BCUT2D eigenvalue weighted by atomic mass is 16.5. The SMILES string of the molecule is CCC(C)(C)C1CCC(NCc2cc(C)on2)CC1. The van der Waals surface area contributed by atoms with Gasteiger partial charge in [0.25, 0.3) is 0 Å². The van der Waals surface area contributed by atoms with Gasteiger partial charge in [-0.3, -0.25) is 0 Å². The lowest BCUT2D eigenvalue weighted by Gasteiger charge is -2.39. The molecule has 0 aliphatic heterocycles. The monoisotopic (exact) mass is 264 g/mol. The van der Waals surface area contributed by atoms with Crippen LogP contribution >= 0.6 is 0 Å². The van der Waals surface area contributed by atoms with E-state index in [1.165, 1.54) is 32.1 Å². The summed E-state index contributed by atoms with van der Waals surface area (Å²) in [5.41, 5.74) is 1.53. The molecule has 0 amide bonds. The van der Waals surface area contributed by atoms with E-state index in [-0.39, 0.29) is 0 Å². The molecule has 1 aromatic rings. The number of hydrogen-bond acceptors (Lipinski definition) is 3. The summed E-state index contributed by atoms with van der Waals surface area (Å²) in [5, 5.41) is 7.65. The van der Waals surface area contributed by atoms with Gasteiger partial charge in [0.2, 0.25) is 0 Å². The summed E-state index contributed by atoms with van der Waals surface area (Å²) in [6.45, 7) is 9.93. The summed E-state index contributed by atoms with van der Waals surface area (Å²) in [5.74, 6) is 1.79. The minimum atomic E-state index is 0.508. The Bertz CT molecular complexity index is 389. The van der Waals surface area contributed by atoms with E-state index in [2.05, 4.69) is 31.2 Å². The van der Waals surface area contributed by atoms with E-state index >= 15 is 0 Å². The van der Waals surface area contributed by atoms with Gasteiger partial charge in [-0.05, 0) is 43.9 Å². The van der Waals surface area contributed by atoms with Crippen molar-refractivity contribution in [2.45, 2.75) is 72.4 Å². The number of rotatable bonds is 5. The predicted octanol–water partition coefficient (Wildman–Crippen LogP) is 4.07. The summed E-state index contributed by atoms with van der Waals surface area (Å²) in [6.07, 6.45) is 6.59. The van der Waals surface area contributed by atoms with Gasteiger partial charge in [-0.1, -0.05) is 32.3 Å². The first-order chi connectivity index (χ1) is 9.01. The lowest BCUT2D eigenvalue weighted by atomic mass is 9.69. The van der Waals surface area contributed by atoms with Gasteiger partial charge < -0.3 is 9.84 Å². The van der Waals surface area contributed by atoms with Crippen LogP contribution in [0.1, 0.15) is 64.3 Å². The van der Waals surface area contributed by atoms with Crippen molar-refractivity contribution >= 4 is 0 Å². The molecular weight excluding hydrogens is 236 g/mol. The molecule has 2 rings (SSSR count). The largest absolute Gasteiger partial charge is 0.361 e. The zero-order chi connectivity index (χ0) is 13.9. The molecule has 1 fully saturated rings. The van der Waals surface area contributed by atoms with Crippen molar-refractivity contribution in [3.8, 4) is 0 Å². The summed E-state index contributed by atoms with van der Waals surface area (Å²) in [6, 6.07) is 2.67. The highest BCUT2D eigenvalue weighted by Gasteiger charge is 2.31. The van der Waals surface area contributed by atoms with Crippen molar-refractivity contribution in [1.82, 2.24) is 10.5 Å². The topological polar surface area (TPSA) is 38.1 Å². The molecule has 1 aliphatic carbocycles. The second-order valence-electron chi connectivity index (χ2n) is 6.70. The van der Waals surface area contributed by atoms with Crippen molar-refractivity contribution in [2.75, 3.05) is 0 Å². The van der Waals surface area contributed by atoms with Gasteiger partial charge in [0.15, 0.2) is 0 Å². The van der Waals surface area contributed by atoms with Crippen LogP contribution in [0.25, 0.3) is 0 Å². The Morgan fingerprint density at radius 1 is 1.32 bits per heavy atom. The van der Waals surface area contributed by atoms with Crippen LogP contribution in [0.2, 0.25) is 0 Å². The zero-order valence-electron chi connectivity index (χ0n) is 12.8. The predicted molar refractivity (Wildman–Crippen MR) is 77.9 cm³/mol. The fourth-order valence-corrected chi connectivity index (χ4v) is 3.12. The molecule has 0 saturated heterocycles. The highest BCUT2D eigenvalue weighted by molar-refractivity contribution is 5.03. The Morgan fingerprint density at radius 2 is 2.00 bits per heavy atom. The lowest BCUT2D eigenvalue weighted by molar-refractivity contribution is 0.136. The Balaban J connectivity index is 1.74. The van der Waals surface area contributed by atoms with Gasteiger partial charge in [-0.15, -0.1) is 0 Å². The number of nitrogens with one attached hydrogen (secondary N) is 1. The first kappa shape index (κ1) is 14.6. The van der Waals surface area contributed by atoms with Crippen LogP contribution in [0.15, 0.2) is 10.6 Å². The average Bonchev–Trinajstić information content (AvgIpc) is 2.83. The van der Waals surface area contributed by atoms with Crippen molar-refractivity contribution < 1.29 is 4.52 Å². The van der Waals surface area contributed by atoms with Gasteiger partial charge in [-0.25, -0.2) is 0 Å². The molecule has 0 atom stereocenters. The Hall–Kier alpha value is -0.830. The molecule has 19 heavy (non-hydrogen) atoms. The molecule has 108 valence electrons. The fourth-order valence-electron chi connectivity index (χ4n) is 3.12. The molecule has 0 bridgehead atoms. The molecule has 0 spiro atoms. The van der Waals surface area contributed by atoms with E-state index in [9.17, 15) is 0 Å². The standard InChI is InChI=1S/C16H28N2O/c1-5-16(3,4)13-6-8-14(9-7-13)17-11-15-10-12(2)19-18-15/h10,13-14,17H,5-9,11H2,1-4H3. The van der Waals surface area contributed by atoms with Crippen LogP contribution in [0.4, 0.5) is 0 Å². The van der Waals surface area contributed by atoms with Crippen LogP contribution in [-0.4, -0.2) is 11.2 Å². The van der Waals surface area contributed by atoms with Gasteiger partial charge in [0.1, 0.15) is 5.76 Å². The van der Waals surface area contributed by atoms with Gasteiger partial charge in [-0.2, -0.15) is 0 Å². The van der Waals surface area contributed by atoms with Gasteiger partial charge >= 0.3 is 0 Å². The van der Waals surface area contributed by atoms with E-state index in [0.29, 0.717) is 11.5 Å². The number of aryl methyl sites for hydroxylation is 1. The van der Waals surface area contributed by atoms with Crippen molar-refractivity contribution in [1.29, 1.82) is 0 Å². The van der Waals surface area contributed by atoms with Crippen molar-refractivity contribution in [3.63, 3.8) is 0 Å². The second-order valence-corrected chi connectivity index (χ2v) is 6.70.